The molecule has 0 atom stereocenters. The Kier molecular flexibility index (Phi) is 5.29. The maximum Gasteiger partial charge on any atom is 0.134 e. The molecule has 2 nitrogen and oxygen atoms in total. The van der Waals surface area contributed by atoms with E-state index in [1.54, 1.807) is 6.26 Å². The van der Waals surface area contributed by atoms with Crippen LogP contribution in [0.25, 0.3) is 32.7 Å². The predicted octanol–water partition coefficient (Wildman–Crippen LogP) is 8.02. The van der Waals surface area contributed by atoms with Gasteiger partial charge in [-0.25, -0.2) is 0 Å². The Hall–Kier alpha value is -2.22. The normalized spacial score (nSPS) is 11.9. The highest BCUT2D eigenvalue weighted by atomic mass is 16.3. The van der Waals surface area contributed by atoms with Gasteiger partial charge in [0.1, 0.15) is 16.9 Å². The summed E-state index contributed by atoms with van der Waals surface area (Å²) >= 11 is 0. The molecule has 4 rings (SSSR count). The van der Waals surface area contributed by atoms with Crippen molar-refractivity contribution in [1.82, 2.24) is 0 Å². The Morgan fingerprint density at radius 1 is 0.654 bits per heavy atom. The van der Waals surface area contributed by atoms with E-state index in [9.17, 15) is 0 Å². The number of hydrogen-bond donors (Lipinski definition) is 0. The minimum Gasteiger partial charge on any atom is -0.464 e. The van der Waals surface area contributed by atoms with E-state index in [0.717, 1.165) is 23.3 Å². The Morgan fingerprint density at radius 3 is 2.15 bits per heavy atom. The molecule has 0 saturated heterocycles. The highest BCUT2D eigenvalue weighted by Gasteiger charge is 2.10. The van der Waals surface area contributed by atoms with Crippen molar-refractivity contribution in [2.75, 3.05) is 0 Å². The van der Waals surface area contributed by atoms with Gasteiger partial charge in [-0.1, -0.05) is 51.9 Å². The minimum absolute atomic E-state index is 0.944. The zero-order valence-electron chi connectivity index (χ0n) is 15.7. The van der Waals surface area contributed by atoms with E-state index in [2.05, 4.69) is 37.3 Å². The minimum atomic E-state index is 0.944. The Balaban J connectivity index is 1.42. The van der Waals surface area contributed by atoms with Crippen LogP contribution in [0.15, 0.2) is 51.5 Å². The standard InChI is InChI=1S/C24H28O2/c1-2-3-4-5-6-7-8-9-10-18-17-22-20-11-13-23-21(15-16-25-23)19(20)12-14-24(22)26-18/h11-17H,2-10H2,1H3. The smallest absolute Gasteiger partial charge is 0.134 e. The van der Waals surface area contributed by atoms with Gasteiger partial charge in [-0.15, -0.1) is 0 Å². The summed E-state index contributed by atoms with van der Waals surface area (Å²) in [6, 6.07) is 12.7. The molecule has 26 heavy (non-hydrogen) atoms. The van der Waals surface area contributed by atoms with Gasteiger partial charge in [-0.2, -0.15) is 0 Å². The maximum atomic E-state index is 6.11. The maximum absolute atomic E-state index is 6.11. The van der Waals surface area contributed by atoms with E-state index in [0.29, 0.717) is 0 Å². The monoisotopic (exact) mass is 348 g/mol. The summed E-state index contributed by atoms with van der Waals surface area (Å²) in [5.41, 5.74) is 1.94. The van der Waals surface area contributed by atoms with Crippen LogP contribution in [0.1, 0.15) is 64.1 Å². The van der Waals surface area contributed by atoms with E-state index < -0.39 is 0 Å². The van der Waals surface area contributed by atoms with Crippen LogP contribution in [-0.2, 0) is 6.42 Å². The Labute approximate surface area is 155 Å². The van der Waals surface area contributed by atoms with Crippen LogP contribution in [-0.4, -0.2) is 0 Å². The number of hydrogen-bond acceptors (Lipinski definition) is 2. The summed E-state index contributed by atoms with van der Waals surface area (Å²) in [5.74, 6) is 1.12. The topological polar surface area (TPSA) is 26.3 Å². The molecule has 2 aromatic carbocycles. The first-order valence-corrected chi connectivity index (χ1v) is 10.2. The van der Waals surface area contributed by atoms with Crippen molar-refractivity contribution in [3.05, 3.63) is 48.4 Å². The molecule has 0 saturated carbocycles. The second-order valence-electron chi connectivity index (χ2n) is 7.41. The van der Waals surface area contributed by atoms with Gasteiger partial charge in [0.05, 0.1) is 6.26 Å². The fourth-order valence-electron chi connectivity index (χ4n) is 3.99. The van der Waals surface area contributed by atoms with Gasteiger partial charge in [0.15, 0.2) is 0 Å². The third kappa shape index (κ3) is 3.51. The van der Waals surface area contributed by atoms with Crippen LogP contribution in [0.4, 0.5) is 0 Å². The second-order valence-corrected chi connectivity index (χ2v) is 7.41. The first-order valence-electron chi connectivity index (χ1n) is 10.2. The molecule has 0 unspecified atom stereocenters. The largest absolute Gasteiger partial charge is 0.464 e. The molecular weight excluding hydrogens is 320 g/mol. The SMILES string of the molecule is CCCCCCCCCCc1cc2c(ccc3c4ccoc4ccc23)o1. The van der Waals surface area contributed by atoms with E-state index in [-0.39, 0.29) is 0 Å². The molecule has 0 radical (unpaired) electrons. The number of unbranched alkanes of at least 4 members (excludes halogenated alkanes) is 7. The fraction of sp³-hybridized carbons (Fsp3) is 0.417. The number of fused-ring (bicyclic) bond motifs is 5. The van der Waals surface area contributed by atoms with E-state index in [1.807, 2.05) is 6.07 Å². The van der Waals surface area contributed by atoms with E-state index in [4.69, 9.17) is 8.83 Å². The van der Waals surface area contributed by atoms with Crippen molar-refractivity contribution in [1.29, 1.82) is 0 Å². The number of rotatable bonds is 9. The molecule has 2 aromatic heterocycles. The van der Waals surface area contributed by atoms with Gasteiger partial charge in [0.2, 0.25) is 0 Å². The highest BCUT2D eigenvalue weighted by Crippen LogP contribution is 2.33. The molecule has 0 aliphatic carbocycles. The molecule has 0 aliphatic heterocycles. The lowest BCUT2D eigenvalue weighted by molar-refractivity contribution is 0.518. The molecule has 0 bridgehead atoms. The molecule has 4 aromatic rings. The summed E-state index contributed by atoms with van der Waals surface area (Å²) in [6.07, 6.45) is 13.6. The number of benzene rings is 2. The Morgan fingerprint density at radius 2 is 1.35 bits per heavy atom. The van der Waals surface area contributed by atoms with Gasteiger partial charge >= 0.3 is 0 Å². The fourth-order valence-corrected chi connectivity index (χ4v) is 3.99. The first kappa shape index (κ1) is 17.2. The highest BCUT2D eigenvalue weighted by molar-refractivity contribution is 6.15. The van der Waals surface area contributed by atoms with Crippen molar-refractivity contribution < 1.29 is 8.83 Å². The summed E-state index contributed by atoms with van der Waals surface area (Å²) in [5, 5.41) is 4.89. The lowest BCUT2D eigenvalue weighted by Crippen LogP contribution is -1.84. The molecule has 0 aliphatic rings. The molecule has 0 amide bonds. The quantitative estimate of drug-likeness (QED) is 0.286. The predicted molar refractivity (Wildman–Crippen MR) is 110 cm³/mol. The molecule has 0 N–H and O–H groups in total. The zero-order chi connectivity index (χ0) is 17.8. The third-order valence-corrected chi connectivity index (χ3v) is 5.46. The lowest BCUT2D eigenvalue weighted by atomic mass is 10.0. The molecule has 0 spiro atoms. The average Bonchev–Trinajstić information content (AvgIpc) is 3.29. The summed E-state index contributed by atoms with van der Waals surface area (Å²) < 4.78 is 11.6. The van der Waals surface area contributed by atoms with Crippen molar-refractivity contribution in [3.63, 3.8) is 0 Å². The van der Waals surface area contributed by atoms with Gasteiger partial charge in [0.25, 0.3) is 0 Å². The molecule has 0 fully saturated rings. The van der Waals surface area contributed by atoms with Crippen molar-refractivity contribution >= 4 is 32.7 Å². The van der Waals surface area contributed by atoms with E-state index >= 15 is 0 Å². The van der Waals surface area contributed by atoms with Gasteiger partial charge in [-0.3, -0.25) is 0 Å². The van der Waals surface area contributed by atoms with Crippen LogP contribution < -0.4 is 0 Å². The van der Waals surface area contributed by atoms with Crippen molar-refractivity contribution in [3.8, 4) is 0 Å². The zero-order valence-corrected chi connectivity index (χ0v) is 15.7. The summed E-state index contributed by atoms with van der Waals surface area (Å²) in [6.45, 7) is 2.27. The van der Waals surface area contributed by atoms with Crippen LogP contribution in [0.2, 0.25) is 0 Å². The van der Waals surface area contributed by atoms with E-state index in [1.165, 1.54) is 72.9 Å². The van der Waals surface area contributed by atoms with Crippen molar-refractivity contribution in [2.24, 2.45) is 0 Å². The molecular formula is C24H28O2. The van der Waals surface area contributed by atoms with Crippen LogP contribution >= 0.6 is 0 Å². The van der Waals surface area contributed by atoms with Crippen LogP contribution in [0.3, 0.4) is 0 Å². The third-order valence-electron chi connectivity index (χ3n) is 5.46. The van der Waals surface area contributed by atoms with Gasteiger partial charge in [0, 0.05) is 17.2 Å². The molecule has 2 heterocycles. The van der Waals surface area contributed by atoms with Crippen LogP contribution in [0.5, 0.6) is 0 Å². The molecule has 2 heteroatoms. The summed E-state index contributed by atoms with van der Waals surface area (Å²) in [4.78, 5) is 0. The van der Waals surface area contributed by atoms with Crippen LogP contribution in [0, 0.1) is 0 Å². The lowest BCUT2D eigenvalue weighted by Gasteiger charge is -2.00. The summed E-state index contributed by atoms with van der Waals surface area (Å²) in [7, 11) is 0. The van der Waals surface area contributed by atoms with Crippen molar-refractivity contribution in [2.45, 2.75) is 64.7 Å². The number of furan rings is 2. The Bertz CT molecular complexity index is 989. The molecule has 136 valence electrons. The number of aryl methyl sites for hydroxylation is 1. The first-order chi connectivity index (χ1) is 12.9. The van der Waals surface area contributed by atoms with Gasteiger partial charge in [-0.05, 0) is 53.6 Å². The average molecular weight is 348 g/mol. The second kappa shape index (κ2) is 7.99. The van der Waals surface area contributed by atoms with Gasteiger partial charge < -0.3 is 8.83 Å².